The molecule has 0 saturated heterocycles. The molecule has 1 aromatic carbocycles. The van der Waals surface area contributed by atoms with Gasteiger partial charge in [-0.15, -0.1) is 6.58 Å². The summed E-state index contributed by atoms with van der Waals surface area (Å²) in [5, 5.41) is -0.500. The maximum atomic E-state index is 13.0. The van der Waals surface area contributed by atoms with Gasteiger partial charge in [0.15, 0.2) is 0 Å². The van der Waals surface area contributed by atoms with E-state index in [4.69, 9.17) is 17.3 Å². The SMILES string of the molecule is C=CCC(N)c1cc(F)c(Cl)c(F)c1. The Kier molecular flexibility index (Phi) is 3.61. The normalized spacial score (nSPS) is 12.6. The van der Waals surface area contributed by atoms with Crippen LogP contribution in [0.1, 0.15) is 18.0 Å². The molecule has 1 aromatic rings. The Hall–Kier alpha value is -0.930. The average Bonchev–Trinajstić information content (AvgIpc) is 2.13. The van der Waals surface area contributed by atoms with Crippen molar-refractivity contribution in [1.82, 2.24) is 0 Å². The summed E-state index contributed by atoms with van der Waals surface area (Å²) >= 11 is 5.32. The highest BCUT2D eigenvalue weighted by Gasteiger charge is 2.12. The van der Waals surface area contributed by atoms with Gasteiger partial charge in [-0.05, 0) is 24.1 Å². The van der Waals surface area contributed by atoms with Gasteiger partial charge in [0.05, 0.1) is 0 Å². The molecule has 4 heteroatoms. The molecule has 0 heterocycles. The van der Waals surface area contributed by atoms with E-state index in [2.05, 4.69) is 6.58 Å². The standard InChI is InChI=1S/C10H10ClF2N/c1-2-3-9(14)6-4-7(12)10(11)8(13)5-6/h2,4-5,9H,1,3,14H2. The van der Waals surface area contributed by atoms with Gasteiger partial charge in [0.2, 0.25) is 0 Å². The van der Waals surface area contributed by atoms with Crippen LogP contribution < -0.4 is 5.73 Å². The van der Waals surface area contributed by atoms with Crippen LogP contribution in [0.25, 0.3) is 0 Å². The van der Waals surface area contributed by atoms with Crippen molar-refractivity contribution in [3.63, 3.8) is 0 Å². The monoisotopic (exact) mass is 217 g/mol. The molecule has 0 fully saturated rings. The van der Waals surface area contributed by atoms with Crippen LogP contribution in [0.2, 0.25) is 5.02 Å². The summed E-state index contributed by atoms with van der Waals surface area (Å²) in [6.07, 6.45) is 2.05. The maximum Gasteiger partial charge on any atom is 0.145 e. The van der Waals surface area contributed by atoms with Gasteiger partial charge in [-0.25, -0.2) is 8.78 Å². The summed E-state index contributed by atoms with van der Waals surface area (Å²) in [7, 11) is 0. The predicted octanol–water partition coefficient (Wildman–Crippen LogP) is 3.19. The Labute approximate surface area is 86.2 Å². The van der Waals surface area contributed by atoms with Gasteiger partial charge in [0, 0.05) is 6.04 Å². The lowest BCUT2D eigenvalue weighted by Gasteiger charge is -2.10. The van der Waals surface area contributed by atoms with E-state index >= 15 is 0 Å². The van der Waals surface area contributed by atoms with Gasteiger partial charge < -0.3 is 5.73 Å². The number of hydrogen-bond donors (Lipinski definition) is 1. The molecule has 0 saturated carbocycles. The zero-order valence-electron chi connectivity index (χ0n) is 7.43. The van der Waals surface area contributed by atoms with E-state index in [0.717, 1.165) is 12.1 Å². The zero-order valence-corrected chi connectivity index (χ0v) is 8.19. The van der Waals surface area contributed by atoms with Crippen molar-refractivity contribution >= 4 is 11.6 Å². The van der Waals surface area contributed by atoms with Gasteiger partial charge >= 0.3 is 0 Å². The largest absolute Gasteiger partial charge is 0.324 e. The molecule has 0 radical (unpaired) electrons. The molecule has 2 N–H and O–H groups in total. The first-order chi connectivity index (χ1) is 6.56. The first-order valence-electron chi connectivity index (χ1n) is 4.07. The molecule has 0 aliphatic rings. The Morgan fingerprint density at radius 3 is 2.36 bits per heavy atom. The first kappa shape index (κ1) is 11.1. The highest BCUT2D eigenvalue weighted by atomic mass is 35.5. The van der Waals surface area contributed by atoms with Crippen LogP contribution in [-0.2, 0) is 0 Å². The molecule has 0 amide bonds. The Morgan fingerprint density at radius 2 is 1.93 bits per heavy atom. The van der Waals surface area contributed by atoms with Crippen LogP contribution in [0.15, 0.2) is 24.8 Å². The second kappa shape index (κ2) is 4.53. The highest BCUT2D eigenvalue weighted by Crippen LogP contribution is 2.24. The molecule has 1 atom stereocenters. The molecule has 76 valence electrons. The van der Waals surface area contributed by atoms with Crippen LogP contribution >= 0.6 is 11.6 Å². The summed E-state index contributed by atoms with van der Waals surface area (Å²) < 4.78 is 26.0. The van der Waals surface area contributed by atoms with Crippen LogP contribution in [0, 0.1) is 11.6 Å². The molecule has 0 bridgehead atoms. The van der Waals surface area contributed by atoms with Crippen LogP contribution in [0.4, 0.5) is 8.78 Å². The molecule has 1 nitrogen and oxygen atoms in total. The molecular formula is C10H10ClF2N. The number of nitrogens with two attached hydrogens (primary N) is 1. The van der Waals surface area contributed by atoms with E-state index in [-0.39, 0.29) is 0 Å². The molecule has 1 rings (SSSR count). The van der Waals surface area contributed by atoms with Crippen LogP contribution in [0.5, 0.6) is 0 Å². The van der Waals surface area contributed by atoms with Crippen molar-refractivity contribution in [1.29, 1.82) is 0 Å². The van der Waals surface area contributed by atoms with Gasteiger partial charge in [0.25, 0.3) is 0 Å². The highest BCUT2D eigenvalue weighted by molar-refractivity contribution is 6.30. The van der Waals surface area contributed by atoms with Crippen molar-refractivity contribution < 1.29 is 8.78 Å². The third-order valence-electron chi connectivity index (χ3n) is 1.85. The zero-order chi connectivity index (χ0) is 10.7. The summed E-state index contributed by atoms with van der Waals surface area (Å²) in [5.41, 5.74) is 6.02. The van der Waals surface area contributed by atoms with E-state index in [0.29, 0.717) is 12.0 Å². The summed E-state index contributed by atoms with van der Waals surface area (Å²) in [5.74, 6) is -1.58. The third-order valence-corrected chi connectivity index (χ3v) is 2.22. The molecule has 1 unspecified atom stereocenters. The molecule has 0 spiro atoms. The molecule has 14 heavy (non-hydrogen) atoms. The topological polar surface area (TPSA) is 26.0 Å². The molecule has 0 aliphatic heterocycles. The summed E-state index contributed by atoms with van der Waals surface area (Å²) in [6, 6.07) is 1.83. The van der Waals surface area contributed by atoms with Gasteiger partial charge in [-0.1, -0.05) is 17.7 Å². The van der Waals surface area contributed by atoms with Gasteiger partial charge in [-0.2, -0.15) is 0 Å². The van der Waals surface area contributed by atoms with E-state index in [9.17, 15) is 8.78 Å². The maximum absolute atomic E-state index is 13.0. The number of rotatable bonds is 3. The first-order valence-corrected chi connectivity index (χ1v) is 4.45. The number of hydrogen-bond acceptors (Lipinski definition) is 1. The molecule has 0 aliphatic carbocycles. The molecule has 0 aromatic heterocycles. The van der Waals surface area contributed by atoms with E-state index in [1.165, 1.54) is 0 Å². The number of halogens is 3. The fraction of sp³-hybridized carbons (Fsp3) is 0.200. The summed E-state index contributed by atoms with van der Waals surface area (Å²) in [6.45, 7) is 3.50. The van der Waals surface area contributed by atoms with Crippen molar-refractivity contribution in [3.05, 3.63) is 47.0 Å². The van der Waals surface area contributed by atoms with E-state index < -0.39 is 22.7 Å². The van der Waals surface area contributed by atoms with Crippen LogP contribution in [0.3, 0.4) is 0 Å². The second-order valence-electron chi connectivity index (χ2n) is 2.93. The Balaban J connectivity index is 3.05. The van der Waals surface area contributed by atoms with Crippen molar-refractivity contribution in [2.75, 3.05) is 0 Å². The lowest BCUT2D eigenvalue weighted by Crippen LogP contribution is -2.09. The van der Waals surface area contributed by atoms with E-state index in [1.54, 1.807) is 6.08 Å². The summed E-state index contributed by atoms with van der Waals surface area (Å²) in [4.78, 5) is 0. The van der Waals surface area contributed by atoms with Crippen molar-refractivity contribution in [2.24, 2.45) is 5.73 Å². The number of benzene rings is 1. The third kappa shape index (κ3) is 2.30. The lowest BCUT2D eigenvalue weighted by atomic mass is 10.0. The Morgan fingerprint density at radius 1 is 1.43 bits per heavy atom. The fourth-order valence-electron chi connectivity index (χ4n) is 1.10. The second-order valence-corrected chi connectivity index (χ2v) is 3.31. The predicted molar refractivity (Wildman–Crippen MR) is 53.1 cm³/mol. The van der Waals surface area contributed by atoms with Crippen molar-refractivity contribution in [3.8, 4) is 0 Å². The quantitative estimate of drug-likeness (QED) is 0.611. The molecular weight excluding hydrogens is 208 g/mol. The lowest BCUT2D eigenvalue weighted by molar-refractivity contribution is 0.574. The fourth-order valence-corrected chi connectivity index (χ4v) is 1.21. The minimum atomic E-state index is -0.791. The van der Waals surface area contributed by atoms with Gasteiger partial charge in [-0.3, -0.25) is 0 Å². The van der Waals surface area contributed by atoms with Gasteiger partial charge in [0.1, 0.15) is 16.7 Å². The average molecular weight is 218 g/mol. The van der Waals surface area contributed by atoms with Crippen molar-refractivity contribution in [2.45, 2.75) is 12.5 Å². The van der Waals surface area contributed by atoms with E-state index in [1.807, 2.05) is 0 Å². The Bertz CT molecular complexity index is 329. The van der Waals surface area contributed by atoms with Crippen LogP contribution in [-0.4, -0.2) is 0 Å². The minimum Gasteiger partial charge on any atom is -0.324 e. The smallest absolute Gasteiger partial charge is 0.145 e. The minimum absolute atomic E-state index is 0.379.